The molecule has 0 atom stereocenters. The van der Waals surface area contributed by atoms with Crippen molar-refractivity contribution in [3.8, 4) is 5.75 Å². The zero-order valence-corrected chi connectivity index (χ0v) is 12.1. The van der Waals surface area contributed by atoms with Crippen LogP contribution in [-0.4, -0.2) is 44.1 Å². The summed E-state index contributed by atoms with van der Waals surface area (Å²) < 4.78 is 30.0. The molecule has 2 N–H and O–H groups in total. The molecule has 1 aromatic carbocycles. The normalized spacial score (nSPS) is 17.9. The van der Waals surface area contributed by atoms with Crippen LogP contribution in [0.5, 0.6) is 5.75 Å². The molecule has 2 rings (SSSR count). The van der Waals surface area contributed by atoms with Gasteiger partial charge in [-0.25, -0.2) is 12.7 Å². The summed E-state index contributed by atoms with van der Waals surface area (Å²) in [6, 6.07) is 6.62. The first kappa shape index (κ1) is 14.8. The Morgan fingerprint density at radius 2 is 1.80 bits per heavy atom. The van der Waals surface area contributed by atoms with Gasteiger partial charge in [0.15, 0.2) is 0 Å². The highest BCUT2D eigenvalue weighted by Gasteiger charge is 2.25. The number of primary amides is 1. The minimum Gasteiger partial charge on any atom is -0.490 e. The van der Waals surface area contributed by atoms with E-state index in [0.29, 0.717) is 37.2 Å². The van der Waals surface area contributed by atoms with Crippen LogP contribution >= 0.6 is 0 Å². The molecule has 1 amide bonds. The molecule has 1 saturated heterocycles. The van der Waals surface area contributed by atoms with Crippen molar-refractivity contribution in [2.24, 2.45) is 5.73 Å². The van der Waals surface area contributed by atoms with Gasteiger partial charge in [-0.3, -0.25) is 4.79 Å². The van der Waals surface area contributed by atoms with Crippen LogP contribution in [0.2, 0.25) is 0 Å². The molecule has 0 bridgehead atoms. The van der Waals surface area contributed by atoms with Crippen LogP contribution in [0.25, 0.3) is 0 Å². The molecular weight excluding hydrogens is 280 g/mol. The van der Waals surface area contributed by atoms with Crippen LogP contribution in [0.1, 0.15) is 23.2 Å². The van der Waals surface area contributed by atoms with E-state index in [0.717, 1.165) is 0 Å². The Balaban J connectivity index is 1.91. The number of nitrogens with zero attached hydrogens (tertiary/aromatic N) is 1. The van der Waals surface area contributed by atoms with E-state index in [4.69, 9.17) is 10.5 Å². The Labute approximate surface area is 118 Å². The summed E-state index contributed by atoms with van der Waals surface area (Å²) in [6.45, 7) is 0.950. The average molecular weight is 298 g/mol. The van der Waals surface area contributed by atoms with E-state index in [9.17, 15) is 13.2 Å². The number of ether oxygens (including phenoxy) is 1. The number of nitrogens with two attached hydrogens (primary N) is 1. The van der Waals surface area contributed by atoms with Crippen LogP contribution in [0, 0.1) is 0 Å². The maximum Gasteiger partial charge on any atom is 0.248 e. The molecule has 0 aromatic heterocycles. The van der Waals surface area contributed by atoms with Crippen molar-refractivity contribution in [2.75, 3.05) is 19.3 Å². The maximum absolute atomic E-state index is 11.4. The van der Waals surface area contributed by atoms with E-state index >= 15 is 0 Å². The molecule has 1 heterocycles. The summed E-state index contributed by atoms with van der Waals surface area (Å²) in [5, 5.41) is 0. The average Bonchev–Trinajstić information content (AvgIpc) is 2.39. The molecular formula is C13H18N2O4S. The standard InChI is InChI=1S/C13H18N2O4S/c1-20(17,18)15-8-6-12(7-9-15)19-11-4-2-10(3-5-11)13(14)16/h2-5,12H,6-9H2,1H3,(H2,14,16). The lowest BCUT2D eigenvalue weighted by atomic mass is 10.1. The van der Waals surface area contributed by atoms with E-state index in [1.165, 1.54) is 10.6 Å². The predicted octanol–water partition coefficient (Wildman–Crippen LogP) is 0.588. The quantitative estimate of drug-likeness (QED) is 0.881. The van der Waals surface area contributed by atoms with Crippen LogP contribution in [0.15, 0.2) is 24.3 Å². The van der Waals surface area contributed by atoms with E-state index < -0.39 is 15.9 Å². The van der Waals surface area contributed by atoms with Gasteiger partial charge in [0.2, 0.25) is 15.9 Å². The van der Waals surface area contributed by atoms with Gasteiger partial charge in [0.1, 0.15) is 11.9 Å². The smallest absolute Gasteiger partial charge is 0.248 e. The van der Waals surface area contributed by atoms with E-state index in [2.05, 4.69) is 0 Å². The highest BCUT2D eigenvalue weighted by atomic mass is 32.2. The van der Waals surface area contributed by atoms with E-state index in [1.54, 1.807) is 24.3 Å². The SMILES string of the molecule is CS(=O)(=O)N1CCC(Oc2ccc(C(N)=O)cc2)CC1. The predicted molar refractivity (Wildman–Crippen MR) is 75.0 cm³/mol. The Bertz CT molecular complexity index is 575. The lowest BCUT2D eigenvalue weighted by molar-refractivity contribution is 0.1000. The largest absolute Gasteiger partial charge is 0.490 e. The Morgan fingerprint density at radius 1 is 1.25 bits per heavy atom. The van der Waals surface area contributed by atoms with Crippen LogP contribution in [0.4, 0.5) is 0 Å². The molecule has 0 aliphatic carbocycles. The van der Waals surface area contributed by atoms with Gasteiger partial charge in [-0.05, 0) is 37.1 Å². The third-order valence-electron chi connectivity index (χ3n) is 3.31. The second-order valence-electron chi connectivity index (χ2n) is 4.87. The molecule has 0 saturated carbocycles. The van der Waals surface area contributed by atoms with Crippen molar-refractivity contribution in [1.82, 2.24) is 4.31 Å². The van der Waals surface area contributed by atoms with Crippen molar-refractivity contribution in [1.29, 1.82) is 0 Å². The number of hydrogen-bond donors (Lipinski definition) is 1. The first-order valence-corrected chi connectivity index (χ1v) is 8.23. The van der Waals surface area contributed by atoms with Gasteiger partial charge in [-0.2, -0.15) is 0 Å². The molecule has 1 aliphatic rings. The fraction of sp³-hybridized carbons (Fsp3) is 0.462. The lowest BCUT2D eigenvalue weighted by Crippen LogP contribution is -2.41. The maximum atomic E-state index is 11.4. The van der Waals surface area contributed by atoms with Crippen molar-refractivity contribution < 1.29 is 17.9 Å². The molecule has 110 valence electrons. The zero-order chi connectivity index (χ0) is 14.8. The number of carbonyl (C=O) groups excluding carboxylic acids is 1. The third-order valence-corrected chi connectivity index (χ3v) is 4.61. The topological polar surface area (TPSA) is 89.7 Å². The summed E-state index contributed by atoms with van der Waals surface area (Å²) >= 11 is 0. The van der Waals surface area contributed by atoms with Crippen molar-refractivity contribution in [3.05, 3.63) is 29.8 Å². The summed E-state index contributed by atoms with van der Waals surface area (Å²) in [5.41, 5.74) is 5.60. The second kappa shape index (κ2) is 5.80. The molecule has 1 fully saturated rings. The number of benzene rings is 1. The highest BCUT2D eigenvalue weighted by Crippen LogP contribution is 2.20. The Morgan fingerprint density at radius 3 is 2.25 bits per heavy atom. The summed E-state index contributed by atoms with van der Waals surface area (Å²) in [7, 11) is -3.11. The van der Waals surface area contributed by atoms with Crippen LogP contribution in [0.3, 0.4) is 0 Å². The first-order valence-electron chi connectivity index (χ1n) is 6.38. The lowest BCUT2D eigenvalue weighted by Gasteiger charge is -2.30. The Hall–Kier alpha value is -1.60. The van der Waals surface area contributed by atoms with Gasteiger partial charge in [-0.1, -0.05) is 0 Å². The molecule has 20 heavy (non-hydrogen) atoms. The van der Waals surface area contributed by atoms with Gasteiger partial charge >= 0.3 is 0 Å². The van der Waals surface area contributed by atoms with E-state index in [1.807, 2.05) is 0 Å². The number of rotatable bonds is 4. The molecule has 0 radical (unpaired) electrons. The molecule has 1 aliphatic heterocycles. The van der Waals surface area contributed by atoms with E-state index in [-0.39, 0.29) is 6.10 Å². The fourth-order valence-corrected chi connectivity index (χ4v) is 3.05. The second-order valence-corrected chi connectivity index (χ2v) is 6.85. The number of sulfonamides is 1. The van der Waals surface area contributed by atoms with Crippen LogP contribution in [-0.2, 0) is 10.0 Å². The molecule has 0 spiro atoms. The summed E-state index contributed by atoms with van der Waals surface area (Å²) in [4.78, 5) is 11.0. The fourth-order valence-electron chi connectivity index (χ4n) is 2.17. The third kappa shape index (κ3) is 3.71. The molecule has 6 nitrogen and oxygen atoms in total. The number of hydrogen-bond acceptors (Lipinski definition) is 4. The van der Waals surface area contributed by atoms with Crippen molar-refractivity contribution in [2.45, 2.75) is 18.9 Å². The monoisotopic (exact) mass is 298 g/mol. The first-order chi connectivity index (χ1) is 9.36. The van der Waals surface area contributed by atoms with Gasteiger partial charge in [0.05, 0.1) is 6.26 Å². The number of amides is 1. The minimum atomic E-state index is -3.11. The van der Waals surface area contributed by atoms with Crippen molar-refractivity contribution >= 4 is 15.9 Å². The summed E-state index contributed by atoms with van der Waals surface area (Å²) in [6.07, 6.45) is 2.53. The summed E-state index contributed by atoms with van der Waals surface area (Å²) in [5.74, 6) is 0.186. The zero-order valence-electron chi connectivity index (χ0n) is 11.3. The molecule has 1 aromatic rings. The van der Waals surface area contributed by atoms with Gasteiger partial charge in [-0.15, -0.1) is 0 Å². The number of piperidine rings is 1. The Kier molecular flexibility index (Phi) is 4.29. The molecule has 0 unspecified atom stereocenters. The number of carbonyl (C=O) groups is 1. The minimum absolute atomic E-state index is 0.00701. The van der Waals surface area contributed by atoms with Crippen molar-refractivity contribution in [3.63, 3.8) is 0 Å². The van der Waals surface area contributed by atoms with Gasteiger partial charge in [0, 0.05) is 18.7 Å². The van der Waals surface area contributed by atoms with Gasteiger partial charge < -0.3 is 10.5 Å². The van der Waals surface area contributed by atoms with Crippen LogP contribution < -0.4 is 10.5 Å². The van der Waals surface area contributed by atoms with Gasteiger partial charge in [0.25, 0.3) is 0 Å². The molecule has 7 heteroatoms. The highest BCUT2D eigenvalue weighted by molar-refractivity contribution is 7.88.